The van der Waals surface area contributed by atoms with Gasteiger partial charge in [0.2, 0.25) is 0 Å². The Morgan fingerprint density at radius 1 is 1.11 bits per heavy atom. The third-order valence-corrected chi connectivity index (χ3v) is 2.95. The molecular formula is C13H22NO4. The zero-order valence-electron chi connectivity index (χ0n) is 10.8. The molecule has 1 fully saturated rings. The van der Waals surface area contributed by atoms with Crippen LogP contribution in [-0.4, -0.2) is 31.8 Å². The second-order valence-electron chi connectivity index (χ2n) is 4.42. The molecule has 1 rings (SSSR count). The summed E-state index contributed by atoms with van der Waals surface area (Å²) in [5.74, 6) is -0.116. The van der Waals surface area contributed by atoms with Crippen LogP contribution in [0.4, 0.5) is 4.79 Å². The van der Waals surface area contributed by atoms with E-state index in [1.54, 1.807) is 0 Å². The molecule has 5 heteroatoms. The molecule has 0 saturated heterocycles. The predicted octanol–water partition coefficient (Wildman–Crippen LogP) is 2.06. The molecule has 0 aliphatic heterocycles. The van der Waals surface area contributed by atoms with Crippen LogP contribution in [-0.2, 0) is 14.3 Å². The molecule has 0 bridgehead atoms. The average molecular weight is 256 g/mol. The van der Waals surface area contributed by atoms with Gasteiger partial charge in [0.05, 0.1) is 5.92 Å². The fourth-order valence-electron chi connectivity index (χ4n) is 1.97. The second-order valence-corrected chi connectivity index (χ2v) is 4.42. The number of ether oxygens (including phenoxy) is 2. The van der Waals surface area contributed by atoms with E-state index in [-0.39, 0.29) is 25.1 Å². The Hall–Kier alpha value is -1.26. The maximum atomic E-state index is 11.6. The third kappa shape index (κ3) is 5.89. The Kier molecular flexibility index (Phi) is 7.22. The van der Waals surface area contributed by atoms with E-state index in [1.807, 2.05) is 0 Å². The third-order valence-electron chi connectivity index (χ3n) is 2.95. The van der Waals surface area contributed by atoms with Crippen LogP contribution >= 0.6 is 0 Å². The number of esters is 1. The van der Waals surface area contributed by atoms with Gasteiger partial charge in [0.15, 0.2) is 0 Å². The van der Waals surface area contributed by atoms with Crippen molar-refractivity contribution in [1.82, 2.24) is 5.32 Å². The predicted molar refractivity (Wildman–Crippen MR) is 66.9 cm³/mol. The Labute approximate surface area is 108 Å². The molecule has 1 radical (unpaired) electrons. The van der Waals surface area contributed by atoms with Gasteiger partial charge >= 0.3 is 12.1 Å². The lowest BCUT2D eigenvalue weighted by Crippen LogP contribution is -2.27. The summed E-state index contributed by atoms with van der Waals surface area (Å²) in [4.78, 5) is 22.7. The van der Waals surface area contributed by atoms with Gasteiger partial charge in [0, 0.05) is 6.54 Å². The quantitative estimate of drug-likeness (QED) is 0.583. The van der Waals surface area contributed by atoms with E-state index in [1.165, 1.54) is 6.42 Å². The van der Waals surface area contributed by atoms with Gasteiger partial charge in [-0.3, -0.25) is 4.79 Å². The molecule has 1 N–H and O–H groups in total. The number of rotatable bonds is 6. The molecule has 1 aliphatic carbocycles. The fraction of sp³-hybridized carbons (Fsp3) is 0.769. The molecule has 0 spiro atoms. The molecule has 0 atom stereocenters. The molecule has 0 aromatic carbocycles. The van der Waals surface area contributed by atoms with Gasteiger partial charge in [-0.2, -0.15) is 0 Å². The summed E-state index contributed by atoms with van der Waals surface area (Å²) in [7, 11) is 0. The van der Waals surface area contributed by atoms with Gasteiger partial charge in [-0.05, 0) is 19.3 Å². The van der Waals surface area contributed by atoms with Crippen molar-refractivity contribution < 1.29 is 19.1 Å². The maximum absolute atomic E-state index is 11.6. The highest BCUT2D eigenvalue weighted by Crippen LogP contribution is 2.24. The first-order valence-corrected chi connectivity index (χ1v) is 6.60. The van der Waals surface area contributed by atoms with E-state index in [0.29, 0.717) is 13.0 Å². The molecular weight excluding hydrogens is 234 g/mol. The lowest BCUT2D eigenvalue weighted by molar-refractivity contribution is -0.150. The summed E-state index contributed by atoms with van der Waals surface area (Å²) in [6.07, 6.45) is 5.37. The van der Waals surface area contributed by atoms with E-state index in [0.717, 1.165) is 25.7 Å². The molecule has 18 heavy (non-hydrogen) atoms. The maximum Gasteiger partial charge on any atom is 0.407 e. The molecule has 0 aromatic heterocycles. The number of hydrogen-bond acceptors (Lipinski definition) is 4. The summed E-state index contributed by atoms with van der Waals surface area (Å²) in [5.41, 5.74) is 0. The summed E-state index contributed by atoms with van der Waals surface area (Å²) < 4.78 is 9.91. The van der Waals surface area contributed by atoms with E-state index >= 15 is 0 Å². The molecule has 0 heterocycles. The zero-order chi connectivity index (χ0) is 13.2. The van der Waals surface area contributed by atoms with Crippen LogP contribution in [0.3, 0.4) is 0 Å². The van der Waals surface area contributed by atoms with Gasteiger partial charge in [0.1, 0.15) is 13.2 Å². The Morgan fingerprint density at radius 3 is 2.44 bits per heavy atom. The van der Waals surface area contributed by atoms with Crippen molar-refractivity contribution in [2.75, 3.05) is 19.8 Å². The van der Waals surface area contributed by atoms with E-state index in [2.05, 4.69) is 12.2 Å². The lowest BCUT2D eigenvalue weighted by atomic mass is 9.89. The van der Waals surface area contributed by atoms with Crippen molar-refractivity contribution in [2.24, 2.45) is 5.92 Å². The fourth-order valence-corrected chi connectivity index (χ4v) is 1.97. The summed E-state index contributed by atoms with van der Waals surface area (Å²) in [5, 5.41) is 2.52. The second kappa shape index (κ2) is 8.78. The van der Waals surface area contributed by atoms with Crippen LogP contribution in [0, 0.1) is 12.8 Å². The SMILES string of the molecule is [CH2]CCNC(=O)OCCOC(=O)C1CCCCC1. The van der Waals surface area contributed by atoms with Crippen LogP contribution in [0.15, 0.2) is 0 Å². The van der Waals surface area contributed by atoms with Crippen LogP contribution in [0.1, 0.15) is 38.5 Å². The number of amides is 1. The highest BCUT2D eigenvalue weighted by Gasteiger charge is 2.22. The van der Waals surface area contributed by atoms with Crippen molar-refractivity contribution in [1.29, 1.82) is 0 Å². The van der Waals surface area contributed by atoms with E-state index in [4.69, 9.17) is 9.47 Å². The number of carbonyl (C=O) groups is 2. The van der Waals surface area contributed by atoms with Gasteiger partial charge < -0.3 is 14.8 Å². The molecule has 0 unspecified atom stereocenters. The van der Waals surface area contributed by atoms with Gasteiger partial charge in [-0.1, -0.05) is 26.2 Å². The number of hydrogen-bond donors (Lipinski definition) is 1. The minimum atomic E-state index is -0.493. The minimum absolute atomic E-state index is 0.0405. The Balaban J connectivity index is 2.02. The number of nitrogens with one attached hydrogen (secondary N) is 1. The monoisotopic (exact) mass is 256 g/mol. The minimum Gasteiger partial charge on any atom is -0.462 e. The summed E-state index contributed by atoms with van der Waals surface area (Å²) in [6, 6.07) is 0. The highest BCUT2D eigenvalue weighted by molar-refractivity contribution is 5.72. The van der Waals surface area contributed by atoms with Crippen molar-refractivity contribution >= 4 is 12.1 Å². The van der Waals surface area contributed by atoms with Gasteiger partial charge in [-0.15, -0.1) is 0 Å². The van der Waals surface area contributed by atoms with Crippen LogP contribution < -0.4 is 5.32 Å². The standard InChI is InChI=1S/C13H22NO4/c1-2-8-14-13(16)18-10-9-17-12(15)11-6-4-3-5-7-11/h11H,1-10H2,(H,14,16). The first-order chi connectivity index (χ1) is 8.74. The van der Waals surface area contributed by atoms with Crippen molar-refractivity contribution in [3.8, 4) is 0 Å². The van der Waals surface area contributed by atoms with Crippen LogP contribution in [0.25, 0.3) is 0 Å². The first kappa shape index (κ1) is 14.8. The molecule has 1 amide bonds. The van der Waals surface area contributed by atoms with Crippen molar-refractivity contribution in [3.05, 3.63) is 6.92 Å². The topological polar surface area (TPSA) is 64.6 Å². The first-order valence-electron chi connectivity index (χ1n) is 6.60. The molecule has 5 nitrogen and oxygen atoms in total. The Morgan fingerprint density at radius 2 is 1.78 bits per heavy atom. The smallest absolute Gasteiger partial charge is 0.407 e. The average Bonchev–Trinajstić information content (AvgIpc) is 2.42. The zero-order valence-corrected chi connectivity index (χ0v) is 10.8. The van der Waals surface area contributed by atoms with E-state index in [9.17, 15) is 9.59 Å². The van der Waals surface area contributed by atoms with Crippen molar-refractivity contribution in [3.63, 3.8) is 0 Å². The highest BCUT2D eigenvalue weighted by atomic mass is 16.6. The van der Waals surface area contributed by atoms with Crippen LogP contribution in [0.2, 0.25) is 0 Å². The Bertz CT molecular complexity index is 262. The number of carbonyl (C=O) groups excluding carboxylic acids is 2. The molecule has 1 saturated carbocycles. The van der Waals surface area contributed by atoms with Crippen LogP contribution in [0.5, 0.6) is 0 Å². The van der Waals surface area contributed by atoms with Gasteiger partial charge in [0.25, 0.3) is 0 Å². The molecule has 103 valence electrons. The lowest BCUT2D eigenvalue weighted by Gasteiger charge is -2.19. The summed E-state index contributed by atoms with van der Waals surface area (Å²) in [6.45, 7) is 4.31. The van der Waals surface area contributed by atoms with Gasteiger partial charge in [-0.25, -0.2) is 4.79 Å². The summed E-state index contributed by atoms with van der Waals surface area (Å²) >= 11 is 0. The molecule has 0 aromatic rings. The normalized spacial score (nSPS) is 16.1. The number of alkyl carbamates (subject to hydrolysis) is 1. The molecule has 1 aliphatic rings. The largest absolute Gasteiger partial charge is 0.462 e. The van der Waals surface area contributed by atoms with E-state index < -0.39 is 6.09 Å². The van der Waals surface area contributed by atoms with Crippen molar-refractivity contribution in [2.45, 2.75) is 38.5 Å².